The molecule has 2 rings (SSSR count). The van der Waals surface area contributed by atoms with Crippen molar-refractivity contribution in [1.82, 2.24) is 9.55 Å². The molecule has 1 saturated heterocycles. The van der Waals surface area contributed by atoms with Gasteiger partial charge in [-0.3, -0.25) is 14.3 Å². The molecule has 8 heteroatoms. The van der Waals surface area contributed by atoms with Gasteiger partial charge in [-0.15, -0.1) is 0 Å². The molecular weight excluding hydrogens is 244 g/mol. The van der Waals surface area contributed by atoms with Crippen molar-refractivity contribution in [3.63, 3.8) is 0 Å². The number of nitrogens with one attached hydrogen (secondary N) is 1. The maximum Gasteiger partial charge on any atom is 0.330 e. The molecule has 1 aromatic heterocycles. The summed E-state index contributed by atoms with van der Waals surface area (Å²) in [5.41, 5.74) is -1.00. The molecule has 0 amide bonds. The minimum absolute atomic E-state index is 0.271. The van der Waals surface area contributed by atoms with Gasteiger partial charge in [-0.25, -0.2) is 4.79 Å². The number of rotatable bonds is 2. The summed E-state index contributed by atoms with van der Waals surface area (Å²) in [7, 11) is 0. The Bertz CT molecular complexity index is 550. The Morgan fingerprint density at radius 2 is 2.06 bits per heavy atom. The molecule has 1 aliphatic rings. The Morgan fingerprint density at radius 1 is 1.39 bits per heavy atom. The first kappa shape index (κ1) is 13.0. The van der Waals surface area contributed by atoms with Crippen LogP contribution in [0.3, 0.4) is 0 Å². The summed E-state index contributed by atoms with van der Waals surface area (Å²) in [5, 5.41) is 28.3. The highest BCUT2D eigenvalue weighted by Gasteiger charge is 2.43. The van der Waals surface area contributed by atoms with E-state index in [9.17, 15) is 19.8 Å². The molecule has 8 nitrogen and oxygen atoms in total. The van der Waals surface area contributed by atoms with E-state index in [0.29, 0.717) is 0 Å². The van der Waals surface area contributed by atoms with Crippen molar-refractivity contribution in [2.75, 3.05) is 6.61 Å². The molecule has 0 radical (unpaired) electrons. The molecule has 2 heterocycles. The van der Waals surface area contributed by atoms with Gasteiger partial charge in [-0.2, -0.15) is 0 Å². The molecule has 18 heavy (non-hydrogen) atoms. The van der Waals surface area contributed by atoms with Crippen molar-refractivity contribution in [3.05, 3.63) is 32.6 Å². The minimum atomic E-state index is -1.36. The molecule has 1 aromatic rings. The number of aliphatic hydroxyl groups is 3. The standard InChI is InChI=1S/C10H14N2O6/c1-4-2-12(10(17)11-8(4)16)9-7(15)6(14)5(3-13)18-9/h2,5-7,9,13-15H,3H2,1H3,(H,11,16,17)/t5-,6+,7?,9-/m1/s1. The summed E-state index contributed by atoms with van der Waals surface area (Å²) in [6, 6.07) is 0. The average Bonchev–Trinajstić information content (AvgIpc) is 2.61. The van der Waals surface area contributed by atoms with Crippen LogP contribution < -0.4 is 11.2 Å². The second-order valence-electron chi connectivity index (χ2n) is 4.21. The van der Waals surface area contributed by atoms with Gasteiger partial charge in [-0.05, 0) is 6.92 Å². The predicted molar refractivity (Wildman–Crippen MR) is 59.1 cm³/mol. The second-order valence-corrected chi connectivity index (χ2v) is 4.21. The highest BCUT2D eigenvalue weighted by molar-refractivity contribution is 5.03. The predicted octanol–water partition coefficient (Wildman–Crippen LogP) is -2.54. The average molecular weight is 258 g/mol. The minimum Gasteiger partial charge on any atom is -0.394 e. The fraction of sp³-hybridized carbons (Fsp3) is 0.600. The molecule has 0 aromatic carbocycles. The van der Waals surface area contributed by atoms with Crippen LogP contribution in [0, 0.1) is 6.92 Å². The molecule has 0 aliphatic carbocycles. The van der Waals surface area contributed by atoms with Crippen molar-refractivity contribution in [2.24, 2.45) is 0 Å². The van der Waals surface area contributed by atoms with E-state index in [4.69, 9.17) is 9.84 Å². The number of hydrogen-bond donors (Lipinski definition) is 4. The van der Waals surface area contributed by atoms with Gasteiger partial charge in [-0.1, -0.05) is 0 Å². The van der Waals surface area contributed by atoms with E-state index in [-0.39, 0.29) is 5.56 Å². The molecular formula is C10H14N2O6. The Labute approximate surface area is 101 Å². The number of aryl methyl sites for hydroxylation is 1. The highest BCUT2D eigenvalue weighted by atomic mass is 16.6. The fourth-order valence-corrected chi connectivity index (χ4v) is 1.88. The van der Waals surface area contributed by atoms with Crippen LogP contribution in [0.25, 0.3) is 0 Å². The summed E-state index contributed by atoms with van der Waals surface area (Å²) < 4.78 is 6.17. The molecule has 1 aliphatic heterocycles. The summed E-state index contributed by atoms with van der Waals surface area (Å²) in [6.45, 7) is 1.02. The normalized spacial score (nSPS) is 31.8. The first-order chi connectivity index (χ1) is 8.45. The van der Waals surface area contributed by atoms with Crippen LogP contribution in [0.15, 0.2) is 15.8 Å². The molecule has 4 N–H and O–H groups in total. The Balaban J connectivity index is 2.42. The van der Waals surface area contributed by atoms with Gasteiger partial charge < -0.3 is 20.1 Å². The van der Waals surface area contributed by atoms with Gasteiger partial charge in [0.15, 0.2) is 6.23 Å². The van der Waals surface area contributed by atoms with E-state index in [1.807, 2.05) is 0 Å². The number of aliphatic hydroxyl groups excluding tert-OH is 3. The third kappa shape index (κ3) is 1.99. The largest absolute Gasteiger partial charge is 0.394 e. The Hall–Kier alpha value is -1.48. The van der Waals surface area contributed by atoms with Crippen LogP contribution >= 0.6 is 0 Å². The monoisotopic (exact) mass is 258 g/mol. The summed E-state index contributed by atoms with van der Waals surface area (Å²) >= 11 is 0. The van der Waals surface area contributed by atoms with E-state index >= 15 is 0 Å². The summed E-state index contributed by atoms with van der Waals surface area (Å²) in [6.07, 6.45) is -3.52. The first-order valence-corrected chi connectivity index (χ1v) is 5.40. The topological polar surface area (TPSA) is 125 Å². The molecule has 4 atom stereocenters. The maximum atomic E-state index is 11.6. The molecule has 0 bridgehead atoms. The van der Waals surface area contributed by atoms with Crippen molar-refractivity contribution in [1.29, 1.82) is 0 Å². The lowest BCUT2D eigenvalue weighted by atomic mass is 10.1. The van der Waals surface area contributed by atoms with Crippen molar-refractivity contribution < 1.29 is 20.1 Å². The molecule has 1 unspecified atom stereocenters. The first-order valence-electron chi connectivity index (χ1n) is 5.40. The number of hydrogen-bond acceptors (Lipinski definition) is 6. The van der Waals surface area contributed by atoms with E-state index in [2.05, 4.69) is 4.98 Å². The lowest BCUT2D eigenvalue weighted by Gasteiger charge is -2.17. The third-order valence-corrected chi connectivity index (χ3v) is 2.94. The quantitative estimate of drug-likeness (QED) is 0.463. The van der Waals surface area contributed by atoms with Crippen LogP contribution in [0.4, 0.5) is 0 Å². The number of H-pyrrole nitrogens is 1. The Morgan fingerprint density at radius 3 is 2.61 bits per heavy atom. The zero-order valence-electron chi connectivity index (χ0n) is 9.61. The zero-order valence-corrected chi connectivity index (χ0v) is 9.61. The van der Waals surface area contributed by atoms with E-state index in [0.717, 1.165) is 4.57 Å². The Kier molecular flexibility index (Phi) is 3.35. The molecule has 100 valence electrons. The fourth-order valence-electron chi connectivity index (χ4n) is 1.88. The number of aromatic nitrogens is 2. The van der Waals surface area contributed by atoms with E-state index in [1.165, 1.54) is 13.1 Å². The third-order valence-electron chi connectivity index (χ3n) is 2.94. The number of ether oxygens (including phenoxy) is 1. The van der Waals surface area contributed by atoms with Crippen molar-refractivity contribution in [3.8, 4) is 0 Å². The van der Waals surface area contributed by atoms with Crippen LogP contribution in [0.5, 0.6) is 0 Å². The number of nitrogens with zero attached hydrogens (tertiary/aromatic N) is 1. The van der Waals surface area contributed by atoms with Gasteiger partial charge >= 0.3 is 5.69 Å². The molecule has 0 spiro atoms. The van der Waals surface area contributed by atoms with E-state index in [1.54, 1.807) is 0 Å². The van der Waals surface area contributed by atoms with E-state index < -0.39 is 42.4 Å². The van der Waals surface area contributed by atoms with Gasteiger partial charge in [0.25, 0.3) is 5.56 Å². The maximum absolute atomic E-state index is 11.6. The van der Waals surface area contributed by atoms with Crippen LogP contribution in [0.2, 0.25) is 0 Å². The zero-order chi connectivity index (χ0) is 13.4. The molecule has 0 saturated carbocycles. The van der Waals surface area contributed by atoms with Crippen molar-refractivity contribution in [2.45, 2.75) is 31.5 Å². The number of aromatic amines is 1. The van der Waals surface area contributed by atoms with Crippen LogP contribution in [-0.2, 0) is 4.74 Å². The van der Waals surface area contributed by atoms with Crippen molar-refractivity contribution >= 4 is 0 Å². The van der Waals surface area contributed by atoms with Gasteiger partial charge in [0.05, 0.1) is 6.61 Å². The summed E-state index contributed by atoms with van der Waals surface area (Å²) in [5.74, 6) is 0. The lowest BCUT2D eigenvalue weighted by Crippen LogP contribution is -2.38. The highest BCUT2D eigenvalue weighted by Crippen LogP contribution is 2.27. The lowest BCUT2D eigenvalue weighted by molar-refractivity contribution is -0.0551. The molecule has 1 fully saturated rings. The van der Waals surface area contributed by atoms with Crippen LogP contribution in [-0.4, -0.2) is 49.8 Å². The van der Waals surface area contributed by atoms with Gasteiger partial charge in [0.2, 0.25) is 0 Å². The SMILES string of the molecule is Cc1cn([C@@H]2O[C@H](CO)[C@H](O)C2O)c(=O)[nH]c1=O. The smallest absolute Gasteiger partial charge is 0.330 e. The summed E-state index contributed by atoms with van der Waals surface area (Å²) in [4.78, 5) is 24.9. The second kappa shape index (κ2) is 4.65. The van der Waals surface area contributed by atoms with Gasteiger partial charge in [0, 0.05) is 11.8 Å². The van der Waals surface area contributed by atoms with Gasteiger partial charge in [0.1, 0.15) is 18.3 Å². The van der Waals surface area contributed by atoms with Crippen LogP contribution in [0.1, 0.15) is 11.8 Å².